The number of benzene rings is 1. The summed E-state index contributed by atoms with van der Waals surface area (Å²) in [5, 5.41) is 15.1. The molecule has 1 aromatic carbocycles. The Morgan fingerprint density at radius 3 is 2.39 bits per heavy atom. The first-order valence-corrected chi connectivity index (χ1v) is 11.4. The summed E-state index contributed by atoms with van der Waals surface area (Å²) in [5.41, 5.74) is 1.52. The van der Waals surface area contributed by atoms with Gasteiger partial charge in [0.1, 0.15) is 17.2 Å². The molecule has 1 amide bonds. The molecule has 0 aliphatic carbocycles. The van der Waals surface area contributed by atoms with E-state index < -0.39 is 0 Å². The predicted molar refractivity (Wildman–Crippen MR) is 127 cm³/mol. The van der Waals surface area contributed by atoms with E-state index in [0.717, 1.165) is 10.9 Å². The van der Waals surface area contributed by atoms with Gasteiger partial charge in [-0.15, -0.1) is 0 Å². The van der Waals surface area contributed by atoms with Crippen LogP contribution in [0.3, 0.4) is 0 Å². The Labute approximate surface area is 193 Å². The van der Waals surface area contributed by atoms with Crippen molar-refractivity contribution in [2.24, 2.45) is 0 Å². The number of rotatable bonds is 6. The molecule has 0 spiro atoms. The highest BCUT2D eigenvalue weighted by Gasteiger charge is 2.24. The second-order valence-corrected chi connectivity index (χ2v) is 8.96. The maximum absolute atomic E-state index is 13.3. The van der Waals surface area contributed by atoms with Crippen molar-refractivity contribution < 1.29 is 14.3 Å². The van der Waals surface area contributed by atoms with Crippen LogP contribution in [-0.2, 0) is 11.2 Å². The Hall–Kier alpha value is -3.36. The Kier molecular flexibility index (Phi) is 6.40. The molecule has 3 heterocycles. The van der Waals surface area contributed by atoms with Crippen molar-refractivity contribution in [1.82, 2.24) is 19.4 Å². The number of piperazine rings is 1. The van der Waals surface area contributed by atoms with Gasteiger partial charge < -0.3 is 24.8 Å². The van der Waals surface area contributed by atoms with E-state index in [2.05, 4.69) is 5.32 Å². The molecule has 3 aromatic rings. The summed E-state index contributed by atoms with van der Waals surface area (Å²) in [5.74, 6) is 1.10. The first-order valence-electron chi connectivity index (χ1n) is 11.4. The van der Waals surface area contributed by atoms with Gasteiger partial charge in [-0.3, -0.25) is 4.79 Å². The molecular formula is C24H31FN6O2. The molecule has 0 saturated carbocycles. The summed E-state index contributed by atoms with van der Waals surface area (Å²) < 4.78 is 15.0. The molecule has 176 valence electrons. The van der Waals surface area contributed by atoms with Crippen LogP contribution in [-0.4, -0.2) is 62.7 Å². The van der Waals surface area contributed by atoms with Gasteiger partial charge in [0.05, 0.1) is 5.39 Å². The van der Waals surface area contributed by atoms with Gasteiger partial charge in [0, 0.05) is 51.4 Å². The Bertz CT molecular complexity index is 1140. The van der Waals surface area contributed by atoms with Gasteiger partial charge in [-0.2, -0.15) is 4.98 Å². The van der Waals surface area contributed by atoms with Crippen molar-refractivity contribution in [3.8, 4) is 5.88 Å². The summed E-state index contributed by atoms with van der Waals surface area (Å²) in [7, 11) is 0. The van der Waals surface area contributed by atoms with Gasteiger partial charge in [-0.1, -0.05) is 12.1 Å². The lowest BCUT2D eigenvalue weighted by Crippen LogP contribution is -2.48. The molecule has 1 fully saturated rings. The zero-order valence-corrected chi connectivity index (χ0v) is 19.5. The lowest BCUT2D eigenvalue weighted by atomic mass is 10.1. The molecular weight excluding hydrogens is 423 g/mol. The molecule has 4 rings (SSSR count). The minimum absolute atomic E-state index is 0.0144. The molecule has 33 heavy (non-hydrogen) atoms. The lowest BCUT2D eigenvalue weighted by molar-refractivity contribution is -0.129. The number of aromatic hydroxyl groups is 1. The van der Waals surface area contributed by atoms with E-state index in [1.54, 1.807) is 23.6 Å². The summed E-state index contributed by atoms with van der Waals surface area (Å²) >= 11 is 0. The maximum Gasteiger partial charge on any atom is 0.228 e. The van der Waals surface area contributed by atoms with Crippen molar-refractivity contribution in [2.45, 2.75) is 46.2 Å². The van der Waals surface area contributed by atoms with Crippen molar-refractivity contribution in [2.75, 3.05) is 36.4 Å². The van der Waals surface area contributed by atoms with Crippen LogP contribution >= 0.6 is 0 Å². The smallest absolute Gasteiger partial charge is 0.228 e. The topological polar surface area (TPSA) is 86.5 Å². The number of fused-ring (bicyclic) bond motifs is 1. The minimum atomic E-state index is -0.253. The maximum atomic E-state index is 13.3. The average Bonchev–Trinajstić information content (AvgIpc) is 3.12. The molecule has 1 unspecified atom stereocenters. The second kappa shape index (κ2) is 9.25. The standard InChI is InChI=1S/C24H31FN6O2/c1-15(2)31-14-20-21(23(31)33)27-24(30-11-9-29(10-12-30)17(4)32)28-22(20)26-16(3)13-18-5-7-19(25)8-6-18/h5-8,14-16,33H,9-13H2,1-4H3,(H,26,27,28). The molecule has 9 heteroatoms. The van der Waals surface area contributed by atoms with E-state index in [0.29, 0.717) is 49.9 Å². The van der Waals surface area contributed by atoms with E-state index in [1.807, 2.05) is 36.8 Å². The molecule has 1 aliphatic rings. The number of nitrogens with zero attached hydrogens (tertiary/aromatic N) is 5. The quantitative estimate of drug-likeness (QED) is 0.592. The number of anilines is 2. The molecule has 0 radical (unpaired) electrons. The highest BCUT2D eigenvalue weighted by atomic mass is 19.1. The number of aromatic nitrogens is 3. The van der Waals surface area contributed by atoms with Crippen LogP contribution in [0, 0.1) is 5.82 Å². The zero-order chi connectivity index (χ0) is 23.7. The predicted octanol–water partition coefficient (Wildman–Crippen LogP) is 3.57. The number of hydrogen-bond acceptors (Lipinski definition) is 6. The number of halogens is 1. The second-order valence-electron chi connectivity index (χ2n) is 8.96. The average molecular weight is 455 g/mol. The Morgan fingerprint density at radius 1 is 1.12 bits per heavy atom. The molecule has 1 aliphatic heterocycles. The molecule has 1 saturated heterocycles. The molecule has 1 atom stereocenters. The van der Waals surface area contributed by atoms with Crippen LogP contribution in [0.4, 0.5) is 16.2 Å². The van der Waals surface area contributed by atoms with E-state index in [9.17, 15) is 14.3 Å². The van der Waals surface area contributed by atoms with Gasteiger partial charge in [-0.25, -0.2) is 9.37 Å². The first kappa shape index (κ1) is 22.8. The molecule has 0 bridgehead atoms. The van der Waals surface area contributed by atoms with E-state index in [-0.39, 0.29) is 29.7 Å². The number of hydrogen-bond donors (Lipinski definition) is 2. The lowest BCUT2D eigenvalue weighted by Gasteiger charge is -2.34. The van der Waals surface area contributed by atoms with E-state index >= 15 is 0 Å². The number of carbonyl (C=O) groups is 1. The van der Waals surface area contributed by atoms with Crippen molar-refractivity contribution in [1.29, 1.82) is 0 Å². The summed E-state index contributed by atoms with van der Waals surface area (Å²) in [6.45, 7) is 10.1. The van der Waals surface area contributed by atoms with Crippen molar-refractivity contribution in [3.05, 3.63) is 41.8 Å². The summed E-state index contributed by atoms with van der Waals surface area (Å²) in [6, 6.07) is 6.57. The monoisotopic (exact) mass is 454 g/mol. The van der Waals surface area contributed by atoms with Crippen LogP contribution in [0.15, 0.2) is 30.5 Å². The van der Waals surface area contributed by atoms with E-state index in [1.165, 1.54) is 12.1 Å². The minimum Gasteiger partial charge on any atom is -0.493 e. The third kappa shape index (κ3) is 4.86. The number of carbonyl (C=O) groups excluding carboxylic acids is 1. The fourth-order valence-electron chi connectivity index (χ4n) is 4.20. The summed E-state index contributed by atoms with van der Waals surface area (Å²) in [6.07, 6.45) is 2.56. The summed E-state index contributed by atoms with van der Waals surface area (Å²) in [4.78, 5) is 25.0. The Balaban J connectivity index is 1.65. The molecule has 2 aromatic heterocycles. The van der Waals surface area contributed by atoms with Crippen molar-refractivity contribution >= 4 is 28.6 Å². The van der Waals surface area contributed by atoms with Gasteiger partial charge in [0.25, 0.3) is 0 Å². The first-order chi connectivity index (χ1) is 15.7. The fourth-order valence-corrected chi connectivity index (χ4v) is 4.20. The van der Waals surface area contributed by atoms with Crippen molar-refractivity contribution in [3.63, 3.8) is 0 Å². The van der Waals surface area contributed by atoms with Crippen LogP contribution < -0.4 is 10.2 Å². The highest BCUT2D eigenvalue weighted by molar-refractivity contribution is 5.94. The molecule has 2 N–H and O–H groups in total. The van der Waals surface area contributed by atoms with Crippen LogP contribution in [0.5, 0.6) is 5.88 Å². The van der Waals surface area contributed by atoms with Gasteiger partial charge >= 0.3 is 0 Å². The van der Waals surface area contributed by atoms with Gasteiger partial charge in [0.2, 0.25) is 17.7 Å². The third-order valence-electron chi connectivity index (χ3n) is 6.06. The van der Waals surface area contributed by atoms with Gasteiger partial charge in [0.15, 0.2) is 0 Å². The fraction of sp³-hybridized carbons (Fsp3) is 0.458. The number of nitrogens with one attached hydrogen (secondary N) is 1. The van der Waals surface area contributed by atoms with Gasteiger partial charge in [-0.05, 0) is 44.9 Å². The van der Waals surface area contributed by atoms with Crippen LogP contribution in [0.2, 0.25) is 0 Å². The van der Waals surface area contributed by atoms with Crippen LogP contribution in [0.1, 0.15) is 39.3 Å². The third-order valence-corrected chi connectivity index (χ3v) is 6.06. The van der Waals surface area contributed by atoms with Crippen LogP contribution in [0.25, 0.3) is 10.9 Å². The number of amides is 1. The van der Waals surface area contributed by atoms with E-state index in [4.69, 9.17) is 9.97 Å². The normalized spacial score (nSPS) is 15.3. The SMILES string of the molecule is CC(=O)N1CCN(c2nc(NC(C)Cc3ccc(F)cc3)c3cn(C(C)C)c(O)c3n2)CC1. The molecule has 8 nitrogen and oxygen atoms in total. The highest BCUT2D eigenvalue weighted by Crippen LogP contribution is 2.34. The zero-order valence-electron chi connectivity index (χ0n) is 19.5. The largest absolute Gasteiger partial charge is 0.493 e. The Morgan fingerprint density at radius 2 is 1.79 bits per heavy atom.